The Morgan fingerprint density at radius 3 is 2.64 bits per heavy atom. The van der Waals surface area contributed by atoms with Gasteiger partial charge in [0.2, 0.25) is 0 Å². The average Bonchev–Trinajstić information content (AvgIpc) is 3.04. The maximum atomic E-state index is 12.4. The van der Waals surface area contributed by atoms with Gasteiger partial charge in [0, 0.05) is 23.3 Å². The maximum Gasteiger partial charge on any atom is 0.334 e. The molecule has 0 fully saturated rings. The fourth-order valence-electron chi connectivity index (χ4n) is 3.96. The van der Waals surface area contributed by atoms with Crippen LogP contribution in [0.25, 0.3) is 16.5 Å². The molecule has 5 nitrogen and oxygen atoms in total. The largest absolute Gasteiger partial charge is 0.466 e. The SMILES string of the molecule is COC(=O)C1=C(C(=O)OC)C2CCc3oc4ccccc4c3C2=CC1. The molecule has 0 saturated carbocycles. The highest BCUT2D eigenvalue weighted by molar-refractivity contribution is 6.06. The first-order valence-electron chi connectivity index (χ1n) is 8.26. The van der Waals surface area contributed by atoms with Crippen molar-refractivity contribution in [3.63, 3.8) is 0 Å². The lowest BCUT2D eigenvalue weighted by Gasteiger charge is -2.31. The van der Waals surface area contributed by atoms with E-state index in [0.717, 1.165) is 27.9 Å². The van der Waals surface area contributed by atoms with Gasteiger partial charge in [-0.3, -0.25) is 0 Å². The number of fused-ring (bicyclic) bond motifs is 5. The smallest absolute Gasteiger partial charge is 0.334 e. The molecule has 4 rings (SSSR count). The van der Waals surface area contributed by atoms with Gasteiger partial charge >= 0.3 is 11.9 Å². The molecule has 128 valence electrons. The number of carbonyl (C=O) groups is 2. The molecule has 0 bridgehead atoms. The van der Waals surface area contributed by atoms with Gasteiger partial charge in [-0.15, -0.1) is 0 Å². The Kier molecular flexibility index (Phi) is 3.71. The summed E-state index contributed by atoms with van der Waals surface area (Å²) in [7, 11) is 2.66. The van der Waals surface area contributed by atoms with Crippen molar-refractivity contribution in [2.75, 3.05) is 14.2 Å². The molecule has 0 amide bonds. The predicted molar refractivity (Wildman–Crippen MR) is 91.7 cm³/mol. The third kappa shape index (κ3) is 2.30. The Balaban J connectivity index is 1.88. The van der Waals surface area contributed by atoms with Gasteiger partial charge in [0.1, 0.15) is 11.3 Å². The number of rotatable bonds is 2. The summed E-state index contributed by atoms with van der Waals surface area (Å²) >= 11 is 0. The van der Waals surface area contributed by atoms with E-state index in [0.29, 0.717) is 30.4 Å². The highest BCUT2D eigenvalue weighted by Gasteiger charge is 2.39. The van der Waals surface area contributed by atoms with Crippen LogP contribution in [0.5, 0.6) is 0 Å². The number of ether oxygens (including phenoxy) is 2. The van der Waals surface area contributed by atoms with E-state index >= 15 is 0 Å². The maximum absolute atomic E-state index is 12.4. The van der Waals surface area contributed by atoms with Gasteiger partial charge in [-0.2, -0.15) is 0 Å². The van der Waals surface area contributed by atoms with Crippen molar-refractivity contribution >= 4 is 28.5 Å². The number of methoxy groups -OCH3 is 2. The van der Waals surface area contributed by atoms with Crippen LogP contribution in [0.15, 0.2) is 45.9 Å². The molecule has 2 aliphatic rings. The number of furan rings is 1. The number of allylic oxidation sites excluding steroid dienone is 2. The first-order valence-corrected chi connectivity index (χ1v) is 8.26. The number of esters is 2. The molecule has 5 heteroatoms. The van der Waals surface area contributed by atoms with Gasteiger partial charge in [-0.1, -0.05) is 24.3 Å². The first-order chi connectivity index (χ1) is 12.2. The van der Waals surface area contributed by atoms with Crippen LogP contribution in [-0.4, -0.2) is 26.2 Å². The van der Waals surface area contributed by atoms with Crippen LogP contribution >= 0.6 is 0 Å². The zero-order valence-corrected chi connectivity index (χ0v) is 14.1. The van der Waals surface area contributed by atoms with Gasteiger partial charge in [-0.05, 0) is 24.5 Å². The van der Waals surface area contributed by atoms with Crippen molar-refractivity contribution in [1.82, 2.24) is 0 Å². The Labute approximate surface area is 144 Å². The second-order valence-electron chi connectivity index (χ2n) is 6.23. The van der Waals surface area contributed by atoms with Crippen LogP contribution < -0.4 is 0 Å². The van der Waals surface area contributed by atoms with E-state index in [9.17, 15) is 9.59 Å². The normalized spacial score (nSPS) is 19.1. The summed E-state index contributed by atoms with van der Waals surface area (Å²) < 4.78 is 15.8. The zero-order chi connectivity index (χ0) is 17.6. The van der Waals surface area contributed by atoms with Crippen LogP contribution in [0, 0.1) is 5.92 Å². The molecule has 1 atom stereocenters. The summed E-state index contributed by atoms with van der Waals surface area (Å²) in [6.45, 7) is 0. The van der Waals surface area contributed by atoms with Crippen molar-refractivity contribution in [1.29, 1.82) is 0 Å². The summed E-state index contributed by atoms with van der Waals surface area (Å²) in [5.74, 6) is -0.177. The van der Waals surface area contributed by atoms with Gasteiger partial charge in [0.05, 0.1) is 25.4 Å². The summed E-state index contributed by atoms with van der Waals surface area (Å²) in [6, 6.07) is 7.89. The summed E-state index contributed by atoms with van der Waals surface area (Å²) in [5.41, 5.74) is 3.75. The minimum atomic E-state index is -0.474. The monoisotopic (exact) mass is 338 g/mol. The van der Waals surface area contributed by atoms with E-state index in [4.69, 9.17) is 13.9 Å². The second-order valence-corrected chi connectivity index (χ2v) is 6.23. The zero-order valence-electron chi connectivity index (χ0n) is 14.1. The number of para-hydroxylation sites is 1. The molecular formula is C20H18O5. The summed E-state index contributed by atoms with van der Waals surface area (Å²) in [4.78, 5) is 24.6. The molecule has 0 aliphatic heterocycles. The van der Waals surface area contributed by atoms with Gasteiger partial charge in [-0.25, -0.2) is 9.59 Å². The van der Waals surface area contributed by atoms with E-state index in [1.54, 1.807) is 0 Å². The van der Waals surface area contributed by atoms with Gasteiger partial charge in [0.25, 0.3) is 0 Å². The van der Waals surface area contributed by atoms with Crippen molar-refractivity contribution in [2.45, 2.75) is 19.3 Å². The number of benzene rings is 1. The fourth-order valence-corrected chi connectivity index (χ4v) is 3.96. The van der Waals surface area contributed by atoms with E-state index in [1.807, 2.05) is 30.3 Å². The molecule has 2 aliphatic carbocycles. The minimum Gasteiger partial charge on any atom is -0.466 e. The van der Waals surface area contributed by atoms with Crippen LogP contribution in [0.2, 0.25) is 0 Å². The van der Waals surface area contributed by atoms with Gasteiger partial charge < -0.3 is 13.9 Å². The third-order valence-electron chi connectivity index (χ3n) is 5.03. The van der Waals surface area contributed by atoms with Crippen molar-refractivity contribution < 1.29 is 23.5 Å². The molecule has 1 heterocycles. The highest BCUT2D eigenvalue weighted by Crippen LogP contribution is 2.47. The lowest BCUT2D eigenvalue weighted by molar-refractivity contribution is -0.139. The summed E-state index contributed by atoms with van der Waals surface area (Å²) in [5, 5.41) is 1.04. The molecular weight excluding hydrogens is 320 g/mol. The van der Waals surface area contributed by atoms with E-state index in [-0.39, 0.29) is 5.92 Å². The van der Waals surface area contributed by atoms with E-state index in [2.05, 4.69) is 0 Å². The highest BCUT2D eigenvalue weighted by atomic mass is 16.5. The average molecular weight is 338 g/mol. The van der Waals surface area contributed by atoms with Crippen LogP contribution in [0.4, 0.5) is 0 Å². The fraction of sp³-hybridized carbons (Fsp3) is 0.300. The Morgan fingerprint density at radius 1 is 1.12 bits per heavy atom. The van der Waals surface area contributed by atoms with Crippen molar-refractivity contribution in [3.8, 4) is 0 Å². The van der Waals surface area contributed by atoms with Crippen molar-refractivity contribution in [2.24, 2.45) is 5.92 Å². The standard InChI is InChI=1S/C20H18O5/c1-23-19(21)14-8-7-11-12(18(14)20(22)24-2)9-10-16-17(11)13-5-3-4-6-15(13)25-16/h3-7,12H,8-10H2,1-2H3. The molecule has 1 aromatic carbocycles. The van der Waals surface area contributed by atoms with Gasteiger partial charge in [0.15, 0.2) is 0 Å². The third-order valence-corrected chi connectivity index (χ3v) is 5.03. The molecule has 1 unspecified atom stereocenters. The molecule has 0 radical (unpaired) electrons. The predicted octanol–water partition coefficient (Wildman–Crippen LogP) is 3.42. The molecule has 2 aromatic rings. The molecule has 0 saturated heterocycles. The molecule has 0 spiro atoms. The molecule has 1 aromatic heterocycles. The van der Waals surface area contributed by atoms with Crippen molar-refractivity contribution in [3.05, 3.63) is 52.8 Å². The lowest BCUT2D eigenvalue weighted by atomic mass is 9.72. The van der Waals surface area contributed by atoms with Crippen LogP contribution in [0.1, 0.15) is 24.2 Å². The number of hydrogen-bond donors (Lipinski definition) is 0. The number of carbonyl (C=O) groups excluding carboxylic acids is 2. The second kappa shape index (κ2) is 5.92. The quantitative estimate of drug-likeness (QED) is 0.785. The lowest BCUT2D eigenvalue weighted by Crippen LogP contribution is -2.27. The van der Waals surface area contributed by atoms with Crippen LogP contribution in [0.3, 0.4) is 0 Å². The number of aryl methyl sites for hydroxylation is 1. The Hall–Kier alpha value is -2.82. The molecule has 0 N–H and O–H groups in total. The Bertz CT molecular complexity index is 944. The van der Waals surface area contributed by atoms with Crippen LogP contribution in [-0.2, 0) is 25.5 Å². The first kappa shape index (κ1) is 15.7. The topological polar surface area (TPSA) is 65.7 Å². The number of hydrogen-bond acceptors (Lipinski definition) is 5. The molecule has 25 heavy (non-hydrogen) atoms. The summed E-state index contributed by atoms with van der Waals surface area (Å²) in [6.07, 6.45) is 3.77. The van der Waals surface area contributed by atoms with E-state index < -0.39 is 11.9 Å². The minimum absolute atomic E-state index is 0.177. The van der Waals surface area contributed by atoms with E-state index in [1.165, 1.54) is 14.2 Å². The Morgan fingerprint density at radius 2 is 1.88 bits per heavy atom.